The van der Waals surface area contributed by atoms with Gasteiger partial charge in [0, 0.05) is 25.7 Å². The molecule has 2 N–H and O–H groups in total. The first-order valence-electron chi connectivity index (χ1n) is 8.96. The molecule has 1 aliphatic heterocycles. The maximum absolute atomic E-state index is 12.6. The molecule has 0 bridgehead atoms. The summed E-state index contributed by atoms with van der Waals surface area (Å²) in [7, 11) is 0. The van der Waals surface area contributed by atoms with E-state index in [4.69, 9.17) is 0 Å². The van der Waals surface area contributed by atoms with E-state index in [2.05, 4.69) is 17.4 Å². The predicted octanol–water partition coefficient (Wildman–Crippen LogP) is 2.11. The van der Waals surface area contributed by atoms with E-state index in [9.17, 15) is 9.90 Å². The first-order chi connectivity index (χ1) is 11.2. The van der Waals surface area contributed by atoms with Crippen LogP contribution >= 0.6 is 0 Å². The largest absolute Gasteiger partial charge is 0.379 e. The number of piperidine rings is 1. The minimum atomic E-state index is -1.19. The van der Waals surface area contributed by atoms with E-state index < -0.39 is 5.60 Å². The lowest BCUT2D eigenvalue weighted by Crippen LogP contribution is -2.59. The molecule has 1 aromatic carbocycles. The third kappa shape index (κ3) is 4.12. The molecular formula is C19H28N2O2. The van der Waals surface area contributed by atoms with Gasteiger partial charge in [-0.15, -0.1) is 0 Å². The van der Waals surface area contributed by atoms with Crippen molar-refractivity contribution in [2.45, 2.75) is 56.6 Å². The van der Waals surface area contributed by atoms with Gasteiger partial charge < -0.3 is 15.3 Å². The summed E-state index contributed by atoms with van der Waals surface area (Å²) in [6.07, 6.45) is 7.00. The highest BCUT2D eigenvalue weighted by atomic mass is 16.3. The van der Waals surface area contributed by atoms with E-state index in [0.29, 0.717) is 19.0 Å². The summed E-state index contributed by atoms with van der Waals surface area (Å²) >= 11 is 0. The summed E-state index contributed by atoms with van der Waals surface area (Å²) < 4.78 is 0. The molecule has 0 radical (unpaired) electrons. The highest BCUT2D eigenvalue weighted by Gasteiger charge is 2.42. The monoisotopic (exact) mass is 316 g/mol. The van der Waals surface area contributed by atoms with Gasteiger partial charge in [0.05, 0.1) is 0 Å². The SMILES string of the molecule is O=C1N(CCCc2ccccc2)CCC[C@]1(O)CNC1CCC1. The Morgan fingerprint density at radius 2 is 2.00 bits per heavy atom. The Balaban J connectivity index is 1.48. The molecule has 4 heteroatoms. The zero-order valence-electron chi connectivity index (χ0n) is 13.8. The lowest BCUT2D eigenvalue weighted by atomic mass is 9.88. The molecule has 23 heavy (non-hydrogen) atoms. The number of benzene rings is 1. The van der Waals surface area contributed by atoms with Crippen LogP contribution in [-0.2, 0) is 11.2 Å². The van der Waals surface area contributed by atoms with Crippen molar-refractivity contribution < 1.29 is 9.90 Å². The van der Waals surface area contributed by atoms with Crippen LogP contribution in [0.25, 0.3) is 0 Å². The highest BCUT2D eigenvalue weighted by Crippen LogP contribution is 2.25. The van der Waals surface area contributed by atoms with E-state index in [1.54, 1.807) is 0 Å². The van der Waals surface area contributed by atoms with Crippen LogP contribution in [-0.4, -0.2) is 47.2 Å². The van der Waals surface area contributed by atoms with Crippen LogP contribution in [0.5, 0.6) is 0 Å². The fraction of sp³-hybridized carbons (Fsp3) is 0.632. The molecule has 0 aromatic heterocycles. The summed E-state index contributed by atoms with van der Waals surface area (Å²) in [5.41, 5.74) is 0.111. The molecule has 4 nitrogen and oxygen atoms in total. The average Bonchev–Trinajstić information content (AvgIpc) is 2.51. The van der Waals surface area contributed by atoms with E-state index in [1.165, 1.54) is 24.8 Å². The molecule has 3 rings (SSSR count). The van der Waals surface area contributed by atoms with Crippen LogP contribution in [0.1, 0.15) is 44.1 Å². The molecule has 1 amide bonds. The number of rotatable bonds is 7. The minimum absolute atomic E-state index is 0.0800. The second-order valence-corrected chi connectivity index (χ2v) is 7.03. The maximum atomic E-state index is 12.6. The summed E-state index contributed by atoms with van der Waals surface area (Å²) in [6, 6.07) is 10.9. The quantitative estimate of drug-likeness (QED) is 0.810. The van der Waals surface area contributed by atoms with Crippen molar-refractivity contribution in [2.24, 2.45) is 0 Å². The van der Waals surface area contributed by atoms with Gasteiger partial charge in [0.25, 0.3) is 5.91 Å². The fourth-order valence-electron chi connectivity index (χ4n) is 3.49. The smallest absolute Gasteiger partial charge is 0.255 e. The maximum Gasteiger partial charge on any atom is 0.255 e. The standard InChI is InChI=1S/C19H28N2O2/c22-18-19(23,15-20-17-10-4-11-17)12-6-14-21(18)13-5-9-16-7-2-1-3-8-16/h1-3,7-8,17,20,23H,4-6,9-15H2/t19-/m0/s1. The molecule has 126 valence electrons. The zero-order valence-corrected chi connectivity index (χ0v) is 13.8. The molecule has 2 aliphatic rings. The van der Waals surface area contributed by atoms with Crippen molar-refractivity contribution in [3.8, 4) is 0 Å². The summed E-state index contributed by atoms with van der Waals surface area (Å²) in [5, 5.41) is 14.1. The molecule has 1 atom stereocenters. The number of amides is 1. The molecule has 0 spiro atoms. The molecule has 1 saturated heterocycles. The lowest BCUT2D eigenvalue weighted by molar-refractivity contribution is -0.156. The zero-order chi connectivity index (χ0) is 16.1. The van der Waals surface area contributed by atoms with Gasteiger partial charge in [-0.05, 0) is 44.1 Å². The number of hydrogen-bond donors (Lipinski definition) is 2. The van der Waals surface area contributed by atoms with Crippen molar-refractivity contribution in [3.63, 3.8) is 0 Å². The van der Waals surface area contributed by atoms with Gasteiger partial charge >= 0.3 is 0 Å². The molecular weight excluding hydrogens is 288 g/mol. The highest BCUT2D eigenvalue weighted by molar-refractivity contribution is 5.86. The Labute approximate surface area is 138 Å². The van der Waals surface area contributed by atoms with Crippen LogP contribution in [0, 0.1) is 0 Å². The number of nitrogens with one attached hydrogen (secondary N) is 1. The first kappa shape index (κ1) is 16.5. The third-order valence-corrected chi connectivity index (χ3v) is 5.23. The average molecular weight is 316 g/mol. The molecule has 1 aromatic rings. The fourth-order valence-corrected chi connectivity index (χ4v) is 3.49. The van der Waals surface area contributed by atoms with Gasteiger partial charge in [-0.25, -0.2) is 0 Å². The number of aliphatic hydroxyl groups is 1. The molecule has 2 fully saturated rings. The Morgan fingerprint density at radius 1 is 1.22 bits per heavy atom. The number of likely N-dealkylation sites (tertiary alicyclic amines) is 1. The van der Waals surface area contributed by atoms with Crippen molar-refractivity contribution in [1.29, 1.82) is 0 Å². The van der Waals surface area contributed by atoms with Crippen molar-refractivity contribution >= 4 is 5.91 Å². The summed E-state index contributed by atoms with van der Waals surface area (Å²) in [4.78, 5) is 14.5. The Bertz CT molecular complexity index is 515. The molecule has 1 saturated carbocycles. The predicted molar refractivity (Wildman–Crippen MR) is 91.2 cm³/mol. The third-order valence-electron chi connectivity index (χ3n) is 5.23. The van der Waals surface area contributed by atoms with Crippen LogP contribution < -0.4 is 5.32 Å². The van der Waals surface area contributed by atoms with E-state index in [0.717, 1.165) is 32.4 Å². The van der Waals surface area contributed by atoms with Crippen LogP contribution in [0.4, 0.5) is 0 Å². The van der Waals surface area contributed by atoms with Crippen LogP contribution in [0.2, 0.25) is 0 Å². The second kappa shape index (κ2) is 7.45. The van der Waals surface area contributed by atoms with Gasteiger partial charge in [0.1, 0.15) is 0 Å². The first-order valence-corrected chi connectivity index (χ1v) is 8.96. The Morgan fingerprint density at radius 3 is 2.70 bits per heavy atom. The van der Waals surface area contributed by atoms with Gasteiger partial charge in [0.15, 0.2) is 5.60 Å². The van der Waals surface area contributed by atoms with E-state index in [1.807, 2.05) is 23.1 Å². The summed E-state index contributed by atoms with van der Waals surface area (Å²) in [6.45, 7) is 1.92. The molecule has 1 aliphatic carbocycles. The normalized spacial score (nSPS) is 25.4. The number of nitrogens with zero attached hydrogens (tertiary/aromatic N) is 1. The van der Waals surface area contributed by atoms with Crippen molar-refractivity contribution in [2.75, 3.05) is 19.6 Å². The van der Waals surface area contributed by atoms with Gasteiger partial charge in [0.2, 0.25) is 0 Å². The number of carbonyl (C=O) groups excluding carboxylic acids is 1. The Hall–Kier alpha value is -1.39. The van der Waals surface area contributed by atoms with Crippen LogP contribution in [0.15, 0.2) is 30.3 Å². The topological polar surface area (TPSA) is 52.6 Å². The number of aryl methyl sites for hydroxylation is 1. The molecule has 1 heterocycles. The number of hydrogen-bond acceptors (Lipinski definition) is 3. The Kier molecular flexibility index (Phi) is 5.34. The van der Waals surface area contributed by atoms with Crippen molar-refractivity contribution in [1.82, 2.24) is 10.2 Å². The summed E-state index contributed by atoms with van der Waals surface area (Å²) in [5.74, 6) is -0.0800. The van der Waals surface area contributed by atoms with Gasteiger partial charge in [-0.1, -0.05) is 36.8 Å². The van der Waals surface area contributed by atoms with Gasteiger partial charge in [-0.2, -0.15) is 0 Å². The minimum Gasteiger partial charge on any atom is -0.379 e. The molecule has 0 unspecified atom stereocenters. The van der Waals surface area contributed by atoms with E-state index >= 15 is 0 Å². The number of carbonyl (C=O) groups is 1. The van der Waals surface area contributed by atoms with Crippen LogP contribution in [0.3, 0.4) is 0 Å². The second-order valence-electron chi connectivity index (χ2n) is 7.03. The van der Waals surface area contributed by atoms with Gasteiger partial charge in [-0.3, -0.25) is 4.79 Å². The van der Waals surface area contributed by atoms with Crippen molar-refractivity contribution in [3.05, 3.63) is 35.9 Å². The lowest BCUT2D eigenvalue weighted by Gasteiger charge is -2.40. The van der Waals surface area contributed by atoms with E-state index in [-0.39, 0.29) is 5.91 Å².